The monoisotopic (exact) mass is 272 g/mol. The van der Waals surface area contributed by atoms with Crippen LogP contribution in [0.3, 0.4) is 0 Å². The highest BCUT2D eigenvalue weighted by Crippen LogP contribution is 2.26. The summed E-state index contributed by atoms with van der Waals surface area (Å²) in [6.07, 6.45) is 3.00. The molecule has 0 saturated heterocycles. The number of urea groups is 1. The van der Waals surface area contributed by atoms with Crippen molar-refractivity contribution >= 4 is 18.0 Å². The van der Waals surface area contributed by atoms with E-state index >= 15 is 0 Å². The predicted molar refractivity (Wildman–Crippen MR) is 66.6 cm³/mol. The number of amides is 2. The zero-order valence-electron chi connectivity index (χ0n) is 11.2. The van der Waals surface area contributed by atoms with E-state index in [1.54, 1.807) is 7.05 Å². The second kappa shape index (κ2) is 6.96. The van der Waals surface area contributed by atoms with E-state index in [1.807, 2.05) is 0 Å². The Bertz CT molecular complexity index is 354. The summed E-state index contributed by atoms with van der Waals surface area (Å²) < 4.78 is 4.40. The number of hydrogen-bond donors (Lipinski definition) is 2. The average Bonchev–Trinajstić information content (AvgIpc) is 2.31. The molecule has 7 nitrogen and oxygen atoms in total. The van der Waals surface area contributed by atoms with Crippen molar-refractivity contribution in [1.29, 1.82) is 0 Å². The molecule has 1 atom stereocenters. The standard InChI is InChI=1S/C12H20N2O5/c1-14(7-8-4-3-5-8)12(18)13-9(11(16)17)6-10(15)19-2/h8-9H,3-7H2,1-2H3,(H,13,18)(H,16,17)/t9-/m0/s1. The van der Waals surface area contributed by atoms with Gasteiger partial charge >= 0.3 is 18.0 Å². The number of methoxy groups -OCH3 is 1. The van der Waals surface area contributed by atoms with Crippen LogP contribution in [0.2, 0.25) is 0 Å². The molecule has 0 spiro atoms. The molecule has 19 heavy (non-hydrogen) atoms. The number of aliphatic carboxylic acids is 1. The Morgan fingerprint density at radius 1 is 1.42 bits per heavy atom. The van der Waals surface area contributed by atoms with Crippen molar-refractivity contribution in [3.05, 3.63) is 0 Å². The van der Waals surface area contributed by atoms with Crippen LogP contribution in [-0.2, 0) is 14.3 Å². The Morgan fingerprint density at radius 3 is 2.47 bits per heavy atom. The van der Waals surface area contributed by atoms with Gasteiger partial charge in [-0.15, -0.1) is 0 Å². The quantitative estimate of drug-likeness (QED) is 0.684. The van der Waals surface area contributed by atoms with Gasteiger partial charge in [0.2, 0.25) is 0 Å². The Morgan fingerprint density at radius 2 is 2.05 bits per heavy atom. The number of carbonyl (C=O) groups is 3. The van der Waals surface area contributed by atoms with Gasteiger partial charge in [-0.1, -0.05) is 6.42 Å². The van der Waals surface area contributed by atoms with Crippen molar-refractivity contribution in [3.8, 4) is 0 Å². The summed E-state index contributed by atoms with van der Waals surface area (Å²) in [5.41, 5.74) is 0. The SMILES string of the molecule is COC(=O)C[C@H](NC(=O)N(C)CC1CCC1)C(=O)O. The molecule has 0 aromatic rings. The zero-order valence-corrected chi connectivity index (χ0v) is 11.2. The molecule has 1 rings (SSSR count). The molecule has 0 heterocycles. The first-order valence-corrected chi connectivity index (χ1v) is 6.25. The first-order chi connectivity index (χ1) is 8.93. The first-order valence-electron chi connectivity index (χ1n) is 6.25. The molecule has 0 unspecified atom stereocenters. The minimum absolute atomic E-state index is 0.380. The van der Waals surface area contributed by atoms with E-state index in [-0.39, 0.29) is 6.42 Å². The van der Waals surface area contributed by atoms with Crippen molar-refractivity contribution in [2.24, 2.45) is 5.92 Å². The fourth-order valence-corrected chi connectivity index (χ4v) is 1.85. The molecular weight excluding hydrogens is 252 g/mol. The van der Waals surface area contributed by atoms with Gasteiger partial charge in [-0.25, -0.2) is 9.59 Å². The molecule has 2 amide bonds. The van der Waals surface area contributed by atoms with Crippen LogP contribution < -0.4 is 5.32 Å². The van der Waals surface area contributed by atoms with E-state index in [4.69, 9.17) is 5.11 Å². The van der Waals surface area contributed by atoms with Crippen LogP contribution >= 0.6 is 0 Å². The summed E-state index contributed by atoms with van der Waals surface area (Å²) in [5, 5.41) is 11.3. The summed E-state index contributed by atoms with van der Waals surface area (Å²) in [6, 6.07) is -1.74. The molecule has 0 aromatic heterocycles. The van der Waals surface area contributed by atoms with E-state index in [0.717, 1.165) is 12.8 Å². The molecule has 1 fully saturated rings. The molecule has 1 aliphatic rings. The second-order valence-electron chi connectivity index (χ2n) is 4.80. The largest absolute Gasteiger partial charge is 0.480 e. The normalized spacial score (nSPS) is 16.1. The van der Waals surface area contributed by atoms with Gasteiger partial charge in [0.1, 0.15) is 6.04 Å². The number of carbonyl (C=O) groups excluding carboxylic acids is 2. The number of hydrogen-bond acceptors (Lipinski definition) is 4. The Hall–Kier alpha value is -1.79. The maximum Gasteiger partial charge on any atom is 0.326 e. The smallest absolute Gasteiger partial charge is 0.326 e. The molecule has 0 radical (unpaired) electrons. The lowest BCUT2D eigenvalue weighted by Gasteiger charge is -2.30. The van der Waals surface area contributed by atoms with Gasteiger partial charge in [0.25, 0.3) is 0 Å². The van der Waals surface area contributed by atoms with Crippen molar-refractivity contribution in [1.82, 2.24) is 10.2 Å². The molecule has 2 N–H and O–H groups in total. The number of esters is 1. The minimum Gasteiger partial charge on any atom is -0.480 e. The molecular formula is C12H20N2O5. The Balaban J connectivity index is 2.45. The average molecular weight is 272 g/mol. The lowest BCUT2D eigenvalue weighted by Crippen LogP contribution is -2.49. The summed E-state index contributed by atoms with van der Waals surface area (Å²) in [6.45, 7) is 0.608. The van der Waals surface area contributed by atoms with Crippen LogP contribution in [0.1, 0.15) is 25.7 Å². The van der Waals surface area contributed by atoms with E-state index in [1.165, 1.54) is 18.4 Å². The molecule has 1 aliphatic carbocycles. The summed E-state index contributed by atoms with van der Waals surface area (Å²) >= 11 is 0. The van der Waals surface area contributed by atoms with Crippen molar-refractivity contribution in [3.63, 3.8) is 0 Å². The van der Waals surface area contributed by atoms with Gasteiger partial charge in [0.05, 0.1) is 13.5 Å². The van der Waals surface area contributed by atoms with Crippen molar-refractivity contribution < 1.29 is 24.2 Å². The number of carboxylic acids is 1. The summed E-state index contributed by atoms with van der Waals surface area (Å²) in [4.78, 5) is 35.3. The highest BCUT2D eigenvalue weighted by atomic mass is 16.5. The van der Waals surface area contributed by atoms with Crippen LogP contribution in [0.5, 0.6) is 0 Å². The summed E-state index contributed by atoms with van der Waals surface area (Å²) in [5.74, 6) is -1.43. The molecule has 7 heteroatoms. The van der Waals surface area contributed by atoms with Crippen LogP contribution in [0, 0.1) is 5.92 Å². The van der Waals surface area contributed by atoms with Gasteiger partial charge in [0.15, 0.2) is 0 Å². The molecule has 0 aromatic carbocycles. The summed E-state index contributed by atoms with van der Waals surface area (Å²) in [7, 11) is 2.79. The van der Waals surface area contributed by atoms with Crippen LogP contribution in [-0.4, -0.2) is 54.7 Å². The third-order valence-corrected chi connectivity index (χ3v) is 3.30. The fraction of sp³-hybridized carbons (Fsp3) is 0.750. The number of rotatable bonds is 6. The van der Waals surface area contributed by atoms with E-state index in [2.05, 4.69) is 10.1 Å². The number of nitrogens with one attached hydrogen (secondary N) is 1. The Labute approximate surface area is 111 Å². The van der Waals surface area contributed by atoms with Crippen LogP contribution in [0.15, 0.2) is 0 Å². The molecule has 0 bridgehead atoms. The highest BCUT2D eigenvalue weighted by Gasteiger charge is 2.27. The van der Waals surface area contributed by atoms with Gasteiger partial charge in [-0.2, -0.15) is 0 Å². The van der Waals surface area contributed by atoms with E-state index in [9.17, 15) is 14.4 Å². The van der Waals surface area contributed by atoms with Crippen molar-refractivity contribution in [2.75, 3.05) is 20.7 Å². The Kier molecular flexibility index (Phi) is 5.59. The van der Waals surface area contributed by atoms with Crippen molar-refractivity contribution in [2.45, 2.75) is 31.7 Å². The van der Waals surface area contributed by atoms with Crippen LogP contribution in [0.25, 0.3) is 0 Å². The van der Waals surface area contributed by atoms with E-state index < -0.39 is 24.0 Å². The van der Waals surface area contributed by atoms with Gasteiger partial charge in [-0.05, 0) is 18.8 Å². The second-order valence-corrected chi connectivity index (χ2v) is 4.80. The lowest BCUT2D eigenvalue weighted by molar-refractivity contribution is -0.147. The molecule has 108 valence electrons. The fourth-order valence-electron chi connectivity index (χ4n) is 1.85. The molecule has 0 aliphatic heterocycles. The van der Waals surface area contributed by atoms with Gasteiger partial charge in [0, 0.05) is 13.6 Å². The topological polar surface area (TPSA) is 95.9 Å². The third kappa shape index (κ3) is 4.76. The first kappa shape index (κ1) is 15.3. The minimum atomic E-state index is -1.26. The van der Waals surface area contributed by atoms with Gasteiger partial charge < -0.3 is 20.1 Å². The van der Waals surface area contributed by atoms with Crippen LogP contribution in [0.4, 0.5) is 4.79 Å². The van der Waals surface area contributed by atoms with E-state index in [0.29, 0.717) is 12.5 Å². The maximum atomic E-state index is 11.8. The number of nitrogens with zero attached hydrogens (tertiary/aromatic N) is 1. The molecule has 1 saturated carbocycles. The predicted octanol–water partition coefficient (Wildman–Crippen LogP) is 0.444. The third-order valence-electron chi connectivity index (χ3n) is 3.30. The lowest BCUT2D eigenvalue weighted by atomic mass is 9.85. The number of carboxylic acid groups (broad SMARTS) is 1. The van der Waals surface area contributed by atoms with Gasteiger partial charge in [-0.3, -0.25) is 4.79 Å². The number of ether oxygens (including phenoxy) is 1. The highest BCUT2D eigenvalue weighted by molar-refractivity contribution is 5.86. The zero-order chi connectivity index (χ0) is 14.4. The maximum absolute atomic E-state index is 11.8.